The molecule has 0 aliphatic carbocycles. The predicted octanol–water partition coefficient (Wildman–Crippen LogP) is 4.86. The van der Waals surface area contributed by atoms with Gasteiger partial charge in [-0.15, -0.1) is 0 Å². The van der Waals surface area contributed by atoms with Gasteiger partial charge in [-0.05, 0) is 50.2 Å². The molecule has 3 aromatic rings. The van der Waals surface area contributed by atoms with Crippen LogP contribution in [0.3, 0.4) is 0 Å². The largest absolute Gasteiger partial charge is 0.495 e. The third kappa shape index (κ3) is 4.40. The first kappa shape index (κ1) is 19.6. The summed E-state index contributed by atoms with van der Waals surface area (Å²) >= 11 is 6.17. The van der Waals surface area contributed by atoms with E-state index in [0.717, 1.165) is 5.69 Å². The number of amides is 1. The fourth-order valence-corrected chi connectivity index (χ4v) is 3.05. The molecular weight excluding hydrogens is 376 g/mol. The number of nitrogens with one attached hydrogen (secondary N) is 1. The minimum Gasteiger partial charge on any atom is -0.495 e. The average Bonchev–Trinajstić information content (AvgIpc) is 2.69. The van der Waals surface area contributed by atoms with Gasteiger partial charge < -0.3 is 15.0 Å². The van der Waals surface area contributed by atoms with Crippen molar-refractivity contribution in [2.45, 2.75) is 13.8 Å². The van der Waals surface area contributed by atoms with Crippen LogP contribution in [0.25, 0.3) is 0 Å². The number of hydrogen-bond acceptors (Lipinski definition) is 5. The SMILES string of the molecule is CCN(C(=O)c1cc(C)nc(Nc2ccc(OC)c(Cl)c2)n1)c1ccccc1. The van der Waals surface area contributed by atoms with E-state index in [2.05, 4.69) is 15.3 Å². The van der Waals surface area contributed by atoms with Crippen LogP contribution in [0.2, 0.25) is 5.02 Å². The summed E-state index contributed by atoms with van der Waals surface area (Å²) in [7, 11) is 1.56. The van der Waals surface area contributed by atoms with Crippen LogP contribution >= 0.6 is 11.6 Å². The zero-order chi connectivity index (χ0) is 20.1. The van der Waals surface area contributed by atoms with E-state index in [4.69, 9.17) is 16.3 Å². The average molecular weight is 397 g/mol. The van der Waals surface area contributed by atoms with E-state index in [-0.39, 0.29) is 5.91 Å². The van der Waals surface area contributed by atoms with Gasteiger partial charge in [-0.3, -0.25) is 4.79 Å². The van der Waals surface area contributed by atoms with Crippen molar-refractivity contribution >= 4 is 34.8 Å². The summed E-state index contributed by atoms with van der Waals surface area (Å²) in [6.45, 7) is 4.28. The molecule has 0 bridgehead atoms. The lowest BCUT2D eigenvalue weighted by Crippen LogP contribution is -2.31. The van der Waals surface area contributed by atoms with Crippen molar-refractivity contribution in [3.63, 3.8) is 0 Å². The van der Waals surface area contributed by atoms with Crippen LogP contribution in [-0.4, -0.2) is 29.5 Å². The Labute approximate surface area is 169 Å². The monoisotopic (exact) mass is 396 g/mol. The van der Waals surface area contributed by atoms with Gasteiger partial charge in [0.2, 0.25) is 5.95 Å². The van der Waals surface area contributed by atoms with Gasteiger partial charge in [0.1, 0.15) is 11.4 Å². The topological polar surface area (TPSA) is 67.4 Å². The first-order valence-electron chi connectivity index (χ1n) is 8.85. The number of aromatic nitrogens is 2. The number of para-hydroxylation sites is 1. The van der Waals surface area contributed by atoms with E-state index in [1.165, 1.54) is 0 Å². The third-order valence-corrected chi connectivity index (χ3v) is 4.41. The third-order valence-electron chi connectivity index (χ3n) is 4.11. The lowest BCUT2D eigenvalue weighted by molar-refractivity contribution is 0.0983. The number of carbonyl (C=O) groups is 1. The number of methoxy groups -OCH3 is 1. The quantitative estimate of drug-likeness (QED) is 0.644. The van der Waals surface area contributed by atoms with Crippen molar-refractivity contribution < 1.29 is 9.53 Å². The Kier molecular flexibility index (Phi) is 6.11. The minimum absolute atomic E-state index is 0.185. The molecule has 1 heterocycles. The molecule has 3 rings (SSSR count). The van der Waals surface area contributed by atoms with Gasteiger partial charge in [-0.1, -0.05) is 29.8 Å². The zero-order valence-electron chi connectivity index (χ0n) is 15.9. The highest BCUT2D eigenvalue weighted by molar-refractivity contribution is 6.32. The summed E-state index contributed by atoms with van der Waals surface area (Å²) in [6, 6.07) is 16.5. The zero-order valence-corrected chi connectivity index (χ0v) is 16.7. The number of carbonyl (C=O) groups excluding carboxylic acids is 1. The predicted molar refractivity (Wildman–Crippen MR) is 112 cm³/mol. The number of benzene rings is 2. The van der Waals surface area contributed by atoms with Crippen LogP contribution in [0.4, 0.5) is 17.3 Å². The fourth-order valence-electron chi connectivity index (χ4n) is 2.80. The summed E-state index contributed by atoms with van der Waals surface area (Å²) in [4.78, 5) is 23.5. The Hall–Kier alpha value is -3.12. The molecule has 7 heteroatoms. The summed E-state index contributed by atoms with van der Waals surface area (Å²) in [6.07, 6.45) is 0. The van der Waals surface area contributed by atoms with Crippen molar-refractivity contribution in [2.75, 3.05) is 23.9 Å². The highest BCUT2D eigenvalue weighted by Gasteiger charge is 2.19. The Morgan fingerprint density at radius 1 is 1.14 bits per heavy atom. The molecule has 1 amide bonds. The maximum absolute atomic E-state index is 13.0. The molecule has 1 N–H and O–H groups in total. The Balaban J connectivity index is 1.88. The lowest BCUT2D eigenvalue weighted by Gasteiger charge is -2.21. The van der Waals surface area contributed by atoms with Gasteiger partial charge in [-0.25, -0.2) is 9.97 Å². The van der Waals surface area contributed by atoms with Crippen LogP contribution in [0.5, 0.6) is 5.75 Å². The summed E-state index contributed by atoms with van der Waals surface area (Å²) in [5.41, 5.74) is 2.53. The van der Waals surface area contributed by atoms with Crippen LogP contribution in [0.15, 0.2) is 54.6 Å². The van der Waals surface area contributed by atoms with Gasteiger partial charge in [0.05, 0.1) is 12.1 Å². The number of ether oxygens (including phenoxy) is 1. The molecule has 0 unspecified atom stereocenters. The molecule has 0 atom stereocenters. The van der Waals surface area contributed by atoms with E-state index in [1.807, 2.05) is 44.2 Å². The second-order valence-electron chi connectivity index (χ2n) is 6.08. The molecule has 144 valence electrons. The lowest BCUT2D eigenvalue weighted by atomic mass is 10.2. The molecule has 28 heavy (non-hydrogen) atoms. The van der Waals surface area contributed by atoms with Gasteiger partial charge >= 0.3 is 0 Å². The maximum Gasteiger partial charge on any atom is 0.277 e. The van der Waals surface area contributed by atoms with E-state index in [9.17, 15) is 4.79 Å². The second kappa shape index (κ2) is 8.71. The second-order valence-corrected chi connectivity index (χ2v) is 6.48. The van der Waals surface area contributed by atoms with Gasteiger partial charge in [0, 0.05) is 23.6 Å². The number of aryl methyl sites for hydroxylation is 1. The molecule has 0 saturated heterocycles. The van der Waals surface area contributed by atoms with Crippen LogP contribution < -0.4 is 15.0 Å². The molecule has 0 aliphatic rings. The molecule has 0 spiro atoms. The maximum atomic E-state index is 13.0. The summed E-state index contributed by atoms with van der Waals surface area (Å²) in [5.74, 6) is 0.721. The summed E-state index contributed by atoms with van der Waals surface area (Å²) < 4.78 is 5.16. The Bertz CT molecular complexity index is 979. The van der Waals surface area contributed by atoms with Crippen molar-refractivity contribution in [1.82, 2.24) is 9.97 Å². The molecule has 0 radical (unpaired) electrons. The van der Waals surface area contributed by atoms with E-state index in [0.29, 0.717) is 40.3 Å². The molecule has 0 fully saturated rings. The molecule has 2 aromatic carbocycles. The van der Waals surface area contributed by atoms with Crippen molar-refractivity contribution in [3.05, 3.63) is 71.0 Å². The van der Waals surface area contributed by atoms with Gasteiger partial charge in [0.25, 0.3) is 5.91 Å². The van der Waals surface area contributed by atoms with Crippen molar-refractivity contribution in [2.24, 2.45) is 0 Å². The summed E-state index contributed by atoms with van der Waals surface area (Å²) in [5, 5.41) is 3.57. The number of anilines is 3. The first-order chi connectivity index (χ1) is 13.5. The Morgan fingerprint density at radius 2 is 1.89 bits per heavy atom. The smallest absolute Gasteiger partial charge is 0.277 e. The Morgan fingerprint density at radius 3 is 2.54 bits per heavy atom. The van der Waals surface area contributed by atoms with Crippen LogP contribution in [0, 0.1) is 6.92 Å². The van der Waals surface area contributed by atoms with E-state index < -0.39 is 0 Å². The number of hydrogen-bond donors (Lipinski definition) is 1. The number of halogens is 1. The molecule has 6 nitrogen and oxygen atoms in total. The standard InChI is InChI=1S/C21H21ClN4O2/c1-4-26(16-8-6-5-7-9-16)20(27)18-12-14(2)23-21(25-18)24-15-10-11-19(28-3)17(22)13-15/h5-13H,4H2,1-3H3,(H,23,24,25). The normalized spacial score (nSPS) is 10.4. The molecular formula is C21H21ClN4O2. The molecule has 0 saturated carbocycles. The van der Waals surface area contributed by atoms with E-state index >= 15 is 0 Å². The van der Waals surface area contributed by atoms with Crippen molar-refractivity contribution in [3.8, 4) is 5.75 Å². The minimum atomic E-state index is -0.185. The van der Waals surface area contributed by atoms with Crippen LogP contribution in [-0.2, 0) is 0 Å². The van der Waals surface area contributed by atoms with Crippen LogP contribution in [0.1, 0.15) is 23.1 Å². The molecule has 1 aromatic heterocycles. The highest BCUT2D eigenvalue weighted by Crippen LogP contribution is 2.28. The molecule has 0 aliphatic heterocycles. The van der Waals surface area contributed by atoms with Gasteiger partial charge in [-0.2, -0.15) is 0 Å². The highest BCUT2D eigenvalue weighted by atomic mass is 35.5. The number of rotatable bonds is 6. The number of nitrogens with zero attached hydrogens (tertiary/aromatic N) is 3. The van der Waals surface area contributed by atoms with E-state index in [1.54, 1.807) is 36.3 Å². The van der Waals surface area contributed by atoms with Gasteiger partial charge in [0.15, 0.2) is 0 Å². The first-order valence-corrected chi connectivity index (χ1v) is 9.22. The fraction of sp³-hybridized carbons (Fsp3) is 0.190. The van der Waals surface area contributed by atoms with Crippen molar-refractivity contribution in [1.29, 1.82) is 0 Å².